The summed E-state index contributed by atoms with van der Waals surface area (Å²) in [7, 11) is 1.54. The van der Waals surface area contributed by atoms with E-state index in [4.69, 9.17) is 43.9 Å². The maximum Gasteiger partial charge on any atom is 0.407 e. The third-order valence-electron chi connectivity index (χ3n) is 8.92. The maximum absolute atomic E-state index is 12.8. The first-order chi connectivity index (χ1) is 28.5. The van der Waals surface area contributed by atoms with Crippen LogP contribution in [0.5, 0.6) is 11.5 Å². The fourth-order valence-corrected chi connectivity index (χ4v) is 6.24. The highest BCUT2D eigenvalue weighted by atomic mass is 16.6. The summed E-state index contributed by atoms with van der Waals surface area (Å²) in [4.78, 5) is 46.5. The van der Waals surface area contributed by atoms with E-state index in [0.717, 1.165) is 31.2 Å². The number of primary amides is 1. The number of carbonyl (C=O) groups excluding carboxylic acids is 3. The Balaban J connectivity index is 1.07. The summed E-state index contributed by atoms with van der Waals surface area (Å²) in [6.07, 6.45) is 5.71. The second-order valence-corrected chi connectivity index (χ2v) is 14.6. The molecule has 0 saturated heterocycles. The van der Waals surface area contributed by atoms with E-state index < -0.39 is 23.7 Å². The molecule has 4 aromatic rings. The van der Waals surface area contributed by atoms with E-state index in [-0.39, 0.29) is 36.7 Å². The van der Waals surface area contributed by atoms with E-state index in [2.05, 4.69) is 26.3 Å². The highest BCUT2D eigenvalue weighted by Crippen LogP contribution is 2.31. The number of ether oxygens (including phenoxy) is 7. The van der Waals surface area contributed by atoms with Gasteiger partial charge in [0.25, 0.3) is 5.91 Å². The molecule has 2 atom stereocenters. The fraction of sp³-hybridized carbons (Fsp3) is 0.488. The molecular formula is C41H56N8O10. The second-order valence-electron chi connectivity index (χ2n) is 14.6. The Hall–Kier alpha value is -5.85. The predicted molar refractivity (Wildman–Crippen MR) is 219 cm³/mol. The van der Waals surface area contributed by atoms with Gasteiger partial charge in [-0.2, -0.15) is 4.98 Å². The lowest BCUT2D eigenvalue weighted by Gasteiger charge is -2.34. The van der Waals surface area contributed by atoms with Gasteiger partial charge >= 0.3 is 12.2 Å². The topological polar surface area (TPSA) is 220 Å². The van der Waals surface area contributed by atoms with Gasteiger partial charge in [-0.05, 0) is 39.2 Å². The number of rotatable bonds is 22. The molecule has 1 saturated carbocycles. The number of imidazole rings is 1. The number of carbonyl (C=O) groups is 3. The monoisotopic (exact) mass is 820 g/mol. The fourth-order valence-electron chi connectivity index (χ4n) is 6.24. The summed E-state index contributed by atoms with van der Waals surface area (Å²) < 4.78 is 40.5. The molecule has 2 aromatic carbocycles. The molecule has 5 rings (SSSR count). The molecule has 59 heavy (non-hydrogen) atoms. The highest BCUT2D eigenvalue weighted by molar-refractivity contribution is 6.04. The van der Waals surface area contributed by atoms with Crippen molar-refractivity contribution < 1.29 is 47.5 Å². The third-order valence-corrected chi connectivity index (χ3v) is 8.92. The van der Waals surface area contributed by atoms with Gasteiger partial charge in [-0.25, -0.2) is 14.6 Å². The van der Waals surface area contributed by atoms with E-state index in [9.17, 15) is 14.4 Å². The Morgan fingerprint density at radius 3 is 2.24 bits per heavy atom. The van der Waals surface area contributed by atoms with Crippen molar-refractivity contribution in [1.82, 2.24) is 25.0 Å². The standard InChI is InChI=1S/C41H56N8O10/c1-41(2,3)59-40(52)47-33-13-9-8-12-32(33)46-38-48-36(34(35(42)50)37-43-14-16-49(37)38)45-29-24-30(53-4)26-31(25-29)57-23-22-56-21-20-55-19-18-54-17-15-44-39(51)58-27-28-10-6-5-7-11-28/h5-7,10-11,14,16,24-26,32-33,45H,8-9,12-13,15,17-23,27H2,1-4H3,(H2,42,50)(H,44,51)(H,46,48)(H,47,52)/t32-,33+/m0/s1. The number of benzene rings is 2. The van der Waals surface area contributed by atoms with E-state index in [1.165, 1.54) is 7.11 Å². The number of alkyl carbamates (subject to hydrolysis) is 2. The van der Waals surface area contributed by atoms with Gasteiger partial charge in [-0.15, -0.1) is 0 Å². The van der Waals surface area contributed by atoms with Gasteiger partial charge in [0.05, 0.1) is 52.8 Å². The molecule has 320 valence electrons. The van der Waals surface area contributed by atoms with E-state index in [1.807, 2.05) is 51.1 Å². The first kappa shape index (κ1) is 44.3. The molecule has 6 N–H and O–H groups in total. The molecule has 18 nitrogen and oxygen atoms in total. The molecule has 0 spiro atoms. The molecule has 3 amide bonds. The van der Waals surface area contributed by atoms with Crippen LogP contribution in [0.2, 0.25) is 0 Å². The number of anilines is 3. The number of amides is 3. The Kier molecular flexibility index (Phi) is 16.8. The zero-order valence-corrected chi connectivity index (χ0v) is 34.1. The van der Waals surface area contributed by atoms with Crippen LogP contribution >= 0.6 is 0 Å². The predicted octanol–water partition coefficient (Wildman–Crippen LogP) is 5.18. The van der Waals surface area contributed by atoms with Gasteiger partial charge in [0.1, 0.15) is 35.9 Å². The van der Waals surface area contributed by atoms with E-state index >= 15 is 0 Å². The summed E-state index contributed by atoms with van der Waals surface area (Å²) >= 11 is 0. The van der Waals surface area contributed by atoms with Crippen LogP contribution in [0, 0.1) is 0 Å². The van der Waals surface area contributed by atoms with Crippen molar-refractivity contribution in [3.8, 4) is 11.5 Å². The molecular weight excluding hydrogens is 764 g/mol. The molecule has 0 radical (unpaired) electrons. The van der Waals surface area contributed by atoms with Gasteiger partial charge < -0.3 is 60.2 Å². The van der Waals surface area contributed by atoms with Gasteiger partial charge in [0, 0.05) is 48.9 Å². The highest BCUT2D eigenvalue weighted by Gasteiger charge is 2.30. The Morgan fingerprint density at radius 1 is 0.864 bits per heavy atom. The zero-order valence-electron chi connectivity index (χ0n) is 34.1. The lowest BCUT2D eigenvalue weighted by Crippen LogP contribution is -2.50. The lowest BCUT2D eigenvalue weighted by molar-refractivity contribution is 0.00977. The minimum atomic E-state index is -0.718. The van der Waals surface area contributed by atoms with Crippen LogP contribution in [0.15, 0.2) is 60.9 Å². The summed E-state index contributed by atoms with van der Waals surface area (Å²) in [5, 5.41) is 12.4. The number of methoxy groups -OCH3 is 1. The summed E-state index contributed by atoms with van der Waals surface area (Å²) in [5.74, 6) is 0.854. The minimum absolute atomic E-state index is 0.0915. The molecule has 0 unspecified atom stereocenters. The smallest absolute Gasteiger partial charge is 0.407 e. The SMILES string of the molecule is COc1cc(Nc2nc(N[C@H]3CCCC[C@H]3NC(=O)OC(C)(C)C)n3ccnc3c2C(N)=O)cc(OCCOCCOCCOCCNC(=O)OCc2ccccc2)c1. The van der Waals surface area contributed by atoms with Gasteiger partial charge in [0.15, 0.2) is 11.5 Å². The number of hydrogen-bond donors (Lipinski definition) is 5. The van der Waals surface area contributed by atoms with Crippen LogP contribution in [0.1, 0.15) is 62.4 Å². The van der Waals surface area contributed by atoms with Crippen molar-refractivity contribution in [3.05, 3.63) is 72.1 Å². The number of fused-ring (bicyclic) bond motifs is 1. The Morgan fingerprint density at radius 2 is 1.54 bits per heavy atom. The molecule has 1 fully saturated rings. The van der Waals surface area contributed by atoms with Crippen LogP contribution < -0.4 is 36.5 Å². The van der Waals surface area contributed by atoms with Crippen molar-refractivity contribution in [2.75, 3.05) is 70.5 Å². The lowest BCUT2D eigenvalue weighted by atomic mass is 9.90. The molecule has 2 aromatic heterocycles. The van der Waals surface area contributed by atoms with Crippen molar-refractivity contribution >= 4 is 41.2 Å². The molecule has 0 bridgehead atoms. The van der Waals surface area contributed by atoms with Crippen LogP contribution in [-0.4, -0.2) is 110 Å². The molecule has 2 heterocycles. The Bertz CT molecular complexity index is 1960. The van der Waals surface area contributed by atoms with Crippen LogP contribution in [-0.2, 0) is 30.3 Å². The second kappa shape index (κ2) is 22.3. The summed E-state index contributed by atoms with van der Waals surface area (Å²) in [6, 6.07) is 14.3. The normalized spacial score (nSPS) is 15.3. The number of hydrogen-bond acceptors (Lipinski definition) is 14. The number of nitrogens with two attached hydrogens (primary N) is 1. The molecule has 18 heteroatoms. The first-order valence-electron chi connectivity index (χ1n) is 19.7. The zero-order chi connectivity index (χ0) is 42.0. The average Bonchev–Trinajstić information content (AvgIpc) is 3.69. The van der Waals surface area contributed by atoms with Crippen LogP contribution in [0.3, 0.4) is 0 Å². The number of nitrogens with zero attached hydrogens (tertiary/aromatic N) is 3. The van der Waals surface area contributed by atoms with Gasteiger partial charge in [-0.1, -0.05) is 43.2 Å². The Labute approximate surface area is 343 Å². The average molecular weight is 821 g/mol. The largest absolute Gasteiger partial charge is 0.497 e. The molecule has 1 aliphatic rings. The van der Waals surface area contributed by atoms with Crippen molar-refractivity contribution in [2.45, 2.75) is 70.7 Å². The summed E-state index contributed by atoms with van der Waals surface area (Å²) in [6.45, 7) is 8.35. The van der Waals surface area contributed by atoms with E-state index in [1.54, 1.807) is 35.0 Å². The molecule has 1 aliphatic carbocycles. The van der Waals surface area contributed by atoms with Crippen molar-refractivity contribution in [2.24, 2.45) is 5.73 Å². The van der Waals surface area contributed by atoms with Gasteiger partial charge in [0.2, 0.25) is 5.95 Å². The summed E-state index contributed by atoms with van der Waals surface area (Å²) in [5.41, 5.74) is 7.09. The van der Waals surface area contributed by atoms with Gasteiger partial charge in [-0.3, -0.25) is 9.20 Å². The van der Waals surface area contributed by atoms with Crippen molar-refractivity contribution in [1.29, 1.82) is 0 Å². The quantitative estimate of drug-likeness (QED) is 0.0645. The molecule has 0 aliphatic heterocycles. The van der Waals surface area contributed by atoms with Crippen LogP contribution in [0.25, 0.3) is 5.65 Å². The number of nitrogens with one attached hydrogen (secondary N) is 4. The number of aromatic nitrogens is 3. The van der Waals surface area contributed by atoms with Crippen LogP contribution in [0.4, 0.5) is 27.0 Å². The maximum atomic E-state index is 12.8. The van der Waals surface area contributed by atoms with E-state index in [0.29, 0.717) is 75.0 Å². The first-order valence-corrected chi connectivity index (χ1v) is 19.7. The third kappa shape index (κ3) is 14.5. The minimum Gasteiger partial charge on any atom is -0.497 e. The van der Waals surface area contributed by atoms with Crippen molar-refractivity contribution in [3.63, 3.8) is 0 Å².